The molecule has 5 nitrogen and oxygen atoms in total. The average molecular weight is 315 g/mol. The van der Waals surface area contributed by atoms with Crippen LogP contribution >= 0.6 is 0 Å². The number of aromatic nitrogens is 2. The predicted octanol–water partition coefficient (Wildman–Crippen LogP) is 3.18. The second-order valence-electron chi connectivity index (χ2n) is 6.16. The second kappa shape index (κ2) is 7.31. The highest BCUT2D eigenvalue weighted by molar-refractivity contribution is 5.93. The Morgan fingerprint density at radius 1 is 1.35 bits per heavy atom. The largest absolute Gasteiger partial charge is 0.496 e. The summed E-state index contributed by atoms with van der Waals surface area (Å²) in [7, 11) is 3.51. The van der Waals surface area contributed by atoms with Gasteiger partial charge in [-0.3, -0.25) is 9.48 Å². The highest BCUT2D eigenvalue weighted by atomic mass is 16.5. The topological polar surface area (TPSA) is 56.1 Å². The molecule has 0 saturated carbocycles. The quantitative estimate of drug-likeness (QED) is 0.890. The smallest absolute Gasteiger partial charge is 0.271 e. The minimum Gasteiger partial charge on any atom is -0.496 e. The van der Waals surface area contributed by atoms with Gasteiger partial charge < -0.3 is 10.1 Å². The van der Waals surface area contributed by atoms with Crippen LogP contribution in [-0.2, 0) is 7.05 Å². The number of carbonyl (C=O) groups excluding carboxylic acids is 1. The van der Waals surface area contributed by atoms with Crippen LogP contribution in [0.25, 0.3) is 11.3 Å². The number of rotatable bonds is 6. The molecule has 0 saturated heterocycles. The molecule has 0 aliphatic carbocycles. The molecular formula is C18H25N3O2. The van der Waals surface area contributed by atoms with E-state index in [1.165, 1.54) is 0 Å². The first kappa shape index (κ1) is 17.1. The van der Waals surface area contributed by atoms with Gasteiger partial charge in [-0.1, -0.05) is 13.8 Å². The van der Waals surface area contributed by atoms with E-state index in [0.29, 0.717) is 18.2 Å². The van der Waals surface area contributed by atoms with E-state index >= 15 is 0 Å². The highest BCUT2D eigenvalue weighted by Crippen LogP contribution is 2.26. The van der Waals surface area contributed by atoms with Crippen LogP contribution < -0.4 is 10.1 Å². The van der Waals surface area contributed by atoms with Crippen LogP contribution in [0.1, 0.15) is 36.3 Å². The van der Waals surface area contributed by atoms with Gasteiger partial charge in [-0.25, -0.2) is 0 Å². The fraction of sp³-hybridized carbons (Fsp3) is 0.444. The number of carbonyl (C=O) groups is 1. The molecule has 2 aromatic rings. The summed E-state index contributed by atoms with van der Waals surface area (Å²) in [5.74, 6) is 1.29. The summed E-state index contributed by atoms with van der Waals surface area (Å²) < 4.78 is 7.02. The van der Waals surface area contributed by atoms with Crippen molar-refractivity contribution in [3.8, 4) is 17.0 Å². The minimum absolute atomic E-state index is 0.127. The van der Waals surface area contributed by atoms with Crippen LogP contribution in [0.4, 0.5) is 0 Å². The fourth-order valence-corrected chi connectivity index (χ4v) is 2.45. The summed E-state index contributed by atoms with van der Waals surface area (Å²) in [5, 5.41) is 7.25. The maximum Gasteiger partial charge on any atom is 0.271 e. The van der Waals surface area contributed by atoms with E-state index in [0.717, 1.165) is 29.0 Å². The number of amides is 1. The molecular weight excluding hydrogens is 290 g/mol. The van der Waals surface area contributed by atoms with Crippen molar-refractivity contribution in [1.29, 1.82) is 0 Å². The van der Waals surface area contributed by atoms with Crippen LogP contribution in [0.5, 0.6) is 5.75 Å². The van der Waals surface area contributed by atoms with E-state index in [4.69, 9.17) is 4.74 Å². The number of nitrogens with one attached hydrogen (secondary N) is 1. The van der Waals surface area contributed by atoms with Crippen LogP contribution in [0.3, 0.4) is 0 Å². The predicted molar refractivity (Wildman–Crippen MR) is 91.7 cm³/mol. The van der Waals surface area contributed by atoms with Crippen molar-refractivity contribution in [3.05, 3.63) is 35.5 Å². The molecule has 0 fully saturated rings. The molecule has 1 amide bonds. The van der Waals surface area contributed by atoms with Gasteiger partial charge in [0.1, 0.15) is 5.75 Å². The van der Waals surface area contributed by atoms with Gasteiger partial charge in [0, 0.05) is 19.2 Å². The van der Waals surface area contributed by atoms with Gasteiger partial charge in [-0.2, -0.15) is 5.10 Å². The SMILES string of the molecule is COc1ccc(-c2cc(C(=O)NCCC(C)C)nn2C)cc1C. The second-order valence-corrected chi connectivity index (χ2v) is 6.16. The van der Waals surface area contributed by atoms with Crippen molar-refractivity contribution in [3.63, 3.8) is 0 Å². The monoisotopic (exact) mass is 315 g/mol. The van der Waals surface area contributed by atoms with Crippen molar-refractivity contribution in [2.45, 2.75) is 27.2 Å². The molecule has 0 radical (unpaired) electrons. The van der Waals surface area contributed by atoms with Gasteiger partial charge in [0.15, 0.2) is 5.69 Å². The van der Waals surface area contributed by atoms with Gasteiger partial charge in [0.25, 0.3) is 5.91 Å². The number of methoxy groups -OCH3 is 1. The molecule has 1 aromatic carbocycles. The Bertz CT molecular complexity index is 690. The fourth-order valence-electron chi connectivity index (χ4n) is 2.45. The number of hydrogen-bond acceptors (Lipinski definition) is 3. The maximum absolute atomic E-state index is 12.2. The van der Waals surface area contributed by atoms with Gasteiger partial charge in [0.05, 0.1) is 12.8 Å². The molecule has 1 aromatic heterocycles. The average Bonchev–Trinajstić information content (AvgIpc) is 2.88. The summed E-state index contributed by atoms with van der Waals surface area (Å²) in [6, 6.07) is 7.77. The Labute approximate surface area is 137 Å². The molecule has 23 heavy (non-hydrogen) atoms. The molecule has 0 aliphatic heterocycles. The Morgan fingerprint density at radius 3 is 2.70 bits per heavy atom. The highest BCUT2D eigenvalue weighted by Gasteiger charge is 2.14. The molecule has 0 unspecified atom stereocenters. The third-order valence-corrected chi connectivity index (χ3v) is 3.81. The Morgan fingerprint density at radius 2 is 2.09 bits per heavy atom. The summed E-state index contributed by atoms with van der Waals surface area (Å²) in [6.07, 6.45) is 0.961. The van der Waals surface area contributed by atoms with Crippen molar-refractivity contribution in [1.82, 2.24) is 15.1 Å². The molecule has 2 rings (SSSR count). The van der Waals surface area contributed by atoms with Gasteiger partial charge in [0.2, 0.25) is 0 Å². The van der Waals surface area contributed by atoms with Crippen molar-refractivity contribution in [2.75, 3.05) is 13.7 Å². The number of nitrogens with zero attached hydrogens (tertiary/aromatic N) is 2. The summed E-state index contributed by atoms with van der Waals surface area (Å²) >= 11 is 0. The zero-order chi connectivity index (χ0) is 17.0. The van der Waals surface area contributed by atoms with E-state index in [9.17, 15) is 4.79 Å². The lowest BCUT2D eigenvalue weighted by molar-refractivity contribution is 0.0946. The molecule has 5 heteroatoms. The third kappa shape index (κ3) is 4.12. The first-order chi connectivity index (χ1) is 10.9. The first-order valence-corrected chi connectivity index (χ1v) is 7.89. The van der Waals surface area contributed by atoms with Gasteiger partial charge >= 0.3 is 0 Å². The third-order valence-electron chi connectivity index (χ3n) is 3.81. The molecule has 1 N–H and O–H groups in total. The zero-order valence-electron chi connectivity index (χ0n) is 14.5. The maximum atomic E-state index is 12.2. The summed E-state index contributed by atoms with van der Waals surface area (Å²) in [6.45, 7) is 6.94. The van der Waals surface area contributed by atoms with Gasteiger partial charge in [-0.15, -0.1) is 0 Å². The number of benzene rings is 1. The summed E-state index contributed by atoms with van der Waals surface area (Å²) in [5.41, 5.74) is 3.41. The van der Waals surface area contributed by atoms with Crippen LogP contribution in [-0.4, -0.2) is 29.3 Å². The van der Waals surface area contributed by atoms with E-state index < -0.39 is 0 Å². The Kier molecular flexibility index (Phi) is 5.42. The minimum atomic E-state index is -0.127. The van der Waals surface area contributed by atoms with E-state index in [-0.39, 0.29) is 5.91 Å². The Hall–Kier alpha value is -2.30. The molecule has 0 atom stereocenters. The lowest BCUT2D eigenvalue weighted by atomic mass is 10.1. The number of hydrogen-bond donors (Lipinski definition) is 1. The molecule has 124 valence electrons. The Balaban J connectivity index is 2.17. The van der Waals surface area contributed by atoms with Crippen molar-refractivity contribution in [2.24, 2.45) is 13.0 Å². The molecule has 1 heterocycles. The van der Waals surface area contributed by atoms with Crippen molar-refractivity contribution < 1.29 is 9.53 Å². The van der Waals surface area contributed by atoms with Crippen LogP contribution in [0.2, 0.25) is 0 Å². The molecule has 0 spiro atoms. The summed E-state index contributed by atoms with van der Waals surface area (Å²) in [4.78, 5) is 12.2. The van der Waals surface area contributed by atoms with Crippen molar-refractivity contribution >= 4 is 5.91 Å². The number of ether oxygens (including phenoxy) is 1. The van der Waals surface area contributed by atoms with E-state index in [1.54, 1.807) is 11.8 Å². The first-order valence-electron chi connectivity index (χ1n) is 7.89. The molecule has 0 bridgehead atoms. The van der Waals surface area contributed by atoms with E-state index in [2.05, 4.69) is 24.3 Å². The number of aryl methyl sites for hydroxylation is 2. The standard InChI is InChI=1S/C18H25N3O2/c1-12(2)8-9-19-18(22)15-11-16(21(4)20-15)14-6-7-17(23-5)13(3)10-14/h6-7,10-12H,8-9H2,1-5H3,(H,19,22). The van der Waals surface area contributed by atoms with E-state index in [1.807, 2.05) is 38.2 Å². The van der Waals surface area contributed by atoms with Gasteiger partial charge in [-0.05, 0) is 49.1 Å². The normalized spacial score (nSPS) is 10.9. The van der Waals surface area contributed by atoms with Crippen LogP contribution in [0, 0.1) is 12.8 Å². The van der Waals surface area contributed by atoms with Crippen LogP contribution in [0.15, 0.2) is 24.3 Å². The lowest BCUT2D eigenvalue weighted by Crippen LogP contribution is -2.25. The zero-order valence-corrected chi connectivity index (χ0v) is 14.5. The molecule has 0 aliphatic rings. The lowest BCUT2D eigenvalue weighted by Gasteiger charge is -2.07.